The number of nitrogens with zero attached hydrogens (tertiary/aromatic N) is 4. The van der Waals surface area contributed by atoms with E-state index in [0.29, 0.717) is 6.54 Å². The predicted molar refractivity (Wildman–Crippen MR) is 102 cm³/mol. The van der Waals surface area contributed by atoms with Gasteiger partial charge >= 0.3 is 0 Å². The first-order chi connectivity index (χ1) is 12.1. The van der Waals surface area contributed by atoms with E-state index in [1.165, 1.54) is 11.1 Å². The molecule has 2 aromatic rings. The van der Waals surface area contributed by atoms with Crippen LogP contribution in [0.3, 0.4) is 0 Å². The molecule has 5 heteroatoms. The van der Waals surface area contributed by atoms with E-state index in [9.17, 15) is 5.11 Å². The second-order valence-electron chi connectivity index (χ2n) is 7.03. The number of β-amino-alcohol motifs (C(OH)–C–C–N with tert-alkyl or cyclic N) is 1. The minimum atomic E-state index is -0.319. The minimum absolute atomic E-state index is 0.319. The Kier molecular flexibility index (Phi) is 6.02. The molecule has 1 saturated heterocycles. The third-order valence-electron chi connectivity index (χ3n) is 4.59. The highest BCUT2D eigenvalue weighted by Crippen LogP contribution is 2.13. The van der Waals surface area contributed by atoms with Crippen LogP contribution >= 0.6 is 0 Å². The lowest BCUT2D eigenvalue weighted by molar-refractivity contribution is 0.106. The van der Waals surface area contributed by atoms with Crippen molar-refractivity contribution in [3.8, 4) is 0 Å². The number of pyridine rings is 1. The molecule has 1 N–H and O–H groups in total. The second kappa shape index (κ2) is 8.43. The summed E-state index contributed by atoms with van der Waals surface area (Å²) in [7, 11) is 3.99. The third kappa shape index (κ3) is 5.26. The van der Waals surface area contributed by atoms with E-state index < -0.39 is 0 Å². The molecule has 5 nitrogen and oxygen atoms in total. The monoisotopic (exact) mass is 340 g/mol. The highest BCUT2D eigenvalue weighted by atomic mass is 16.3. The standard InChI is InChI=1S/C20H28N4O/c1-22(2)20-9-8-18(12-21-20)14-24-11-10-23(15-19(25)16-24)13-17-6-4-3-5-7-17/h3-9,12,19,25H,10-11,13-16H2,1-2H3/t19-/m0/s1. The number of hydrogen-bond acceptors (Lipinski definition) is 5. The Bertz CT molecular complexity index is 645. The minimum Gasteiger partial charge on any atom is -0.390 e. The molecule has 0 aliphatic carbocycles. The quantitative estimate of drug-likeness (QED) is 0.899. The normalized spacial score (nSPS) is 19.6. The Morgan fingerprint density at radius 3 is 2.16 bits per heavy atom. The second-order valence-corrected chi connectivity index (χ2v) is 7.03. The van der Waals surface area contributed by atoms with E-state index in [-0.39, 0.29) is 6.10 Å². The van der Waals surface area contributed by atoms with Crippen LogP contribution in [0.25, 0.3) is 0 Å². The first-order valence-electron chi connectivity index (χ1n) is 8.89. The van der Waals surface area contributed by atoms with Crippen molar-refractivity contribution >= 4 is 5.82 Å². The summed E-state index contributed by atoms with van der Waals surface area (Å²) >= 11 is 0. The van der Waals surface area contributed by atoms with Gasteiger partial charge in [-0.25, -0.2) is 4.98 Å². The van der Waals surface area contributed by atoms with Crippen molar-refractivity contribution in [1.29, 1.82) is 0 Å². The molecule has 0 amide bonds. The molecule has 1 aliphatic rings. The molecule has 1 fully saturated rings. The molecule has 1 aliphatic heterocycles. The molecule has 0 radical (unpaired) electrons. The average molecular weight is 340 g/mol. The summed E-state index contributed by atoms with van der Waals surface area (Å²) in [6, 6.07) is 14.6. The molecule has 1 aromatic carbocycles. The number of benzene rings is 1. The fraction of sp³-hybridized carbons (Fsp3) is 0.450. The number of hydrogen-bond donors (Lipinski definition) is 1. The smallest absolute Gasteiger partial charge is 0.127 e. The van der Waals surface area contributed by atoms with E-state index in [4.69, 9.17) is 0 Å². The summed E-state index contributed by atoms with van der Waals surface area (Å²) in [6.45, 7) is 5.08. The first-order valence-corrected chi connectivity index (χ1v) is 8.89. The van der Waals surface area contributed by atoms with Gasteiger partial charge in [-0.05, 0) is 17.2 Å². The highest BCUT2D eigenvalue weighted by molar-refractivity contribution is 5.37. The fourth-order valence-electron chi connectivity index (χ4n) is 3.28. The van der Waals surface area contributed by atoms with E-state index in [0.717, 1.165) is 38.5 Å². The summed E-state index contributed by atoms with van der Waals surface area (Å²) in [6.07, 6.45) is 1.62. The van der Waals surface area contributed by atoms with Gasteiger partial charge in [0.1, 0.15) is 5.82 Å². The molecule has 0 saturated carbocycles. The summed E-state index contributed by atoms with van der Waals surface area (Å²) in [4.78, 5) is 11.1. The predicted octanol–water partition coefficient (Wildman–Crippen LogP) is 1.83. The SMILES string of the molecule is CN(C)c1ccc(CN2CCN(Cc3ccccc3)C[C@H](O)C2)cn1. The lowest BCUT2D eigenvalue weighted by atomic mass is 10.2. The molecule has 1 aromatic heterocycles. The molecule has 2 heterocycles. The summed E-state index contributed by atoms with van der Waals surface area (Å²) in [5, 5.41) is 10.4. The van der Waals surface area contributed by atoms with Crippen LogP contribution < -0.4 is 4.90 Å². The number of aromatic nitrogens is 1. The molecular weight excluding hydrogens is 312 g/mol. The summed E-state index contributed by atoms with van der Waals surface area (Å²) in [5.41, 5.74) is 2.49. The largest absolute Gasteiger partial charge is 0.390 e. The first kappa shape index (κ1) is 17.9. The molecule has 0 unspecified atom stereocenters. The zero-order valence-electron chi connectivity index (χ0n) is 15.2. The van der Waals surface area contributed by atoms with E-state index >= 15 is 0 Å². The van der Waals surface area contributed by atoms with Crippen molar-refractivity contribution in [1.82, 2.24) is 14.8 Å². The third-order valence-corrected chi connectivity index (χ3v) is 4.59. The van der Waals surface area contributed by atoms with Gasteiger partial charge in [0, 0.05) is 59.6 Å². The van der Waals surface area contributed by atoms with Crippen LogP contribution in [0.1, 0.15) is 11.1 Å². The average Bonchev–Trinajstić information content (AvgIpc) is 2.77. The van der Waals surface area contributed by atoms with Crippen molar-refractivity contribution in [3.05, 3.63) is 59.8 Å². The maximum absolute atomic E-state index is 10.4. The highest BCUT2D eigenvalue weighted by Gasteiger charge is 2.21. The van der Waals surface area contributed by atoms with Crippen LogP contribution in [0.5, 0.6) is 0 Å². The van der Waals surface area contributed by atoms with Crippen molar-refractivity contribution in [2.75, 3.05) is 45.2 Å². The van der Waals surface area contributed by atoms with Crippen molar-refractivity contribution in [2.24, 2.45) is 0 Å². The van der Waals surface area contributed by atoms with Crippen molar-refractivity contribution in [3.63, 3.8) is 0 Å². The Morgan fingerprint density at radius 1 is 0.960 bits per heavy atom. The van der Waals surface area contributed by atoms with Crippen LogP contribution in [-0.2, 0) is 13.1 Å². The number of aliphatic hydroxyl groups is 1. The molecule has 134 valence electrons. The van der Waals surface area contributed by atoms with Crippen LogP contribution in [0.4, 0.5) is 5.82 Å². The van der Waals surface area contributed by atoms with Crippen molar-refractivity contribution in [2.45, 2.75) is 19.2 Å². The Balaban J connectivity index is 1.57. The topological polar surface area (TPSA) is 42.8 Å². The summed E-state index contributed by atoms with van der Waals surface area (Å²) in [5.74, 6) is 0.966. The molecule has 3 rings (SSSR count). The van der Waals surface area contributed by atoms with Gasteiger partial charge in [-0.3, -0.25) is 9.80 Å². The molecule has 0 spiro atoms. The van der Waals surface area contributed by atoms with Gasteiger partial charge in [0.15, 0.2) is 0 Å². The van der Waals surface area contributed by atoms with Gasteiger partial charge in [0.05, 0.1) is 6.10 Å². The van der Waals surface area contributed by atoms with Gasteiger partial charge in [0.2, 0.25) is 0 Å². The maximum Gasteiger partial charge on any atom is 0.127 e. The van der Waals surface area contributed by atoms with E-state index in [1.807, 2.05) is 37.3 Å². The Morgan fingerprint density at radius 2 is 1.60 bits per heavy atom. The van der Waals surface area contributed by atoms with Crippen LogP contribution in [0.2, 0.25) is 0 Å². The molecule has 1 atom stereocenters. The van der Waals surface area contributed by atoms with Crippen LogP contribution in [0, 0.1) is 0 Å². The molecule has 0 bridgehead atoms. The molecular formula is C20H28N4O. The number of aliphatic hydroxyl groups excluding tert-OH is 1. The van der Waals surface area contributed by atoms with Gasteiger partial charge in [-0.15, -0.1) is 0 Å². The lowest BCUT2D eigenvalue weighted by Crippen LogP contribution is -2.33. The summed E-state index contributed by atoms with van der Waals surface area (Å²) < 4.78 is 0. The van der Waals surface area contributed by atoms with E-state index in [2.05, 4.69) is 45.1 Å². The fourth-order valence-corrected chi connectivity index (χ4v) is 3.28. The van der Waals surface area contributed by atoms with Gasteiger partial charge < -0.3 is 10.0 Å². The number of rotatable bonds is 5. The van der Waals surface area contributed by atoms with Gasteiger partial charge in [-0.2, -0.15) is 0 Å². The van der Waals surface area contributed by atoms with Crippen molar-refractivity contribution < 1.29 is 5.11 Å². The van der Waals surface area contributed by atoms with Crippen LogP contribution in [-0.4, -0.2) is 66.3 Å². The number of anilines is 1. The zero-order valence-corrected chi connectivity index (χ0v) is 15.2. The van der Waals surface area contributed by atoms with Gasteiger partial charge in [0.25, 0.3) is 0 Å². The lowest BCUT2D eigenvalue weighted by Gasteiger charge is -2.22. The van der Waals surface area contributed by atoms with Gasteiger partial charge in [-0.1, -0.05) is 36.4 Å². The van der Waals surface area contributed by atoms with Crippen LogP contribution in [0.15, 0.2) is 48.7 Å². The Labute approximate surface area is 150 Å². The Hall–Kier alpha value is -1.95. The van der Waals surface area contributed by atoms with E-state index in [1.54, 1.807) is 0 Å². The maximum atomic E-state index is 10.4. The zero-order chi connectivity index (χ0) is 17.6. The molecule has 25 heavy (non-hydrogen) atoms.